The van der Waals surface area contributed by atoms with E-state index < -0.39 is 39.0 Å². The molecule has 0 bridgehead atoms. The molecule has 4 rings (SSSR count). The number of ether oxygens (including phenoxy) is 5. The van der Waals surface area contributed by atoms with Crippen LogP contribution in [0.1, 0.15) is 17.2 Å². The smallest absolute Gasteiger partial charge is 0.493 e. The van der Waals surface area contributed by atoms with E-state index in [1.165, 1.54) is 43.5 Å². The number of carbonyl (C=O) groups is 1. The summed E-state index contributed by atoms with van der Waals surface area (Å²) in [4.78, 5) is 12.7. The second kappa shape index (κ2) is 8.06. The lowest BCUT2D eigenvalue weighted by atomic mass is 9.94. The number of esters is 1. The van der Waals surface area contributed by atoms with Gasteiger partial charge in [-0.1, -0.05) is 12.1 Å². The van der Waals surface area contributed by atoms with E-state index in [4.69, 9.17) is 23.7 Å². The second-order valence-electron chi connectivity index (χ2n) is 6.67. The summed E-state index contributed by atoms with van der Waals surface area (Å²) < 4.78 is 94.1. The van der Waals surface area contributed by atoms with Gasteiger partial charge < -0.3 is 27.9 Å². The molecule has 1 atom stereocenters. The van der Waals surface area contributed by atoms with Gasteiger partial charge in [0.15, 0.2) is 34.9 Å². The molecule has 2 aromatic carbocycles. The fourth-order valence-corrected chi connectivity index (χ4v) is 3.78. The van der Waals surface area contributed by atoms with Crippen LogP contribution in [0.3, 0.4) is 0 Å². The second-order valence-corrected chi connectivity index (χ2v) is 8.20. The van der Waals surface area contributed by atoms with Crippen LogP contribution in [0.15, 0.2) is 42.0 Å². The van der Waals surface area contributed by atoms with E-state index in [0.717, 1.165) is 7.11 Å². The molecule has 0 N–H and O–H groups in total. The summed E-state index contributed by atoms with van der Waals surface area (Å²) in [5.41, 5.74) is -6.39. The Morgan fingerprint density at radius 2 is 1.82 bits per heavy atom. The summed E-state index contributed by atoms with van der Waals surface area (Å²) in [5, 5.41) is 0. The molecule has 2 aromatic rings. The number of hydrogen-bond acceptors (Lipinski definition) is 9. The van der Waals surface area contributed by atoms with Gasteiger partial charge in [0.05, 0.1) is 19.8 Å². The van der Waals surface area contributed by atoms with Gasteiger partial charge in [-0.15, -0.1) is 0 Å². The van der Waals surface area contributed by atoms with Crippen molar-refractivity contribution in [3.05, 3.63) is 53.1 Å². The van der Waals surface area contributed by atoms with Gasteiger partial charge in [0, 0.05) is 5.56 Å². The quantitative estimate of drug-likeness (QED) is 0.356. The Labute approximate surface area is 185 Å². The van der Waals surface area contributed by atoms with Crippen molar-refractivity contribution in [1.29, 1.82) is 0 Å². The third-order valence-electron chi connectivity index (χ3n) is 4.77. The summed E-state index contributed by atoms with van der Waals surface area (Å²) in [6, 6.07) is 8.43. The molecule has 1 unspecified atom stereocenters. The number of hydrogen-bond donors (Lipinski definition) is 0. The lowest BCUT2D eigenvalue weighted by molar-refractivity contribution is -0.137. The molecule has 0 spiro atoms. The number of fused-ring (bicyclic) bond motifs is 2. The highest BCUT2D eigenvalue weighted by atomic mass is 32.2. The number of carbonyl (C=O) groups excluding carboxylic acids is 1. The molecule has 13 heteroatoms. The number of alkyl halides is 3. The third-order valence-corrected chi connectivity index (χ3v) is 5.72. The van der Waals surface area contributed by atoms with E-state index in [-0.39, 0.29) is 35.2 Å². The molecular weight excluding hydrogens is 473 g/mol. The van der Waals surface area contributed by atoms with E-state index in [0.29, 0.717) is 5.75 Å². The van der Waals surface area contributed by atoms with Gasteiger partial charge in [-0.3, -0.25) is 0 Å². The van der Waals surface area contributed by atoms with Crippen LogP contribution in [-0.4, -0.2) is 40.9 Å². The third kappa shape index (κ3) is 3.88. The zero-order valence-electron chi connectivity index (χ0n) is 17.0. The van der Waals surface area contributed by atoms with Crippen LogP contribution in [0.4, 0.5) is 13.2 Å². The number of rotatable bonds is 5. The number of para-hydroxylation sites is 1. The van der Waals surface area contributed by atoms with E-state index in [1.54, 1.807) is 0 Å². The van der Waals surface area contributed by atoms with Gasteiger partial charge in [-0.05, 0) is 24.3 Å². The topological polar surface area (TPSA) is 107 Å². The Balaban J connectivity index is 1.98. The van der Waals surface area contributed by atoms with Crippen LogP contribution in [0.2, 0.25) is 0 Å². The predicted molar refractivity (Wildman–Crippen MR) is 104 cm³/mol. The largest absolute Gasteiger partial charge is 0.534 e. The number of halogens is 3. The van der Waals surface area contributed by atoms with Gasteiger partial charge in [0.2, 0.25) is 6.79 Å². The lowest BCUT2D eigenvalue weighted by Crippen LogP contribution is -2.29. The van der Waals surface area contributed by atoms with Crippen LogP contribution in [-0.2, 0) is 23.8 Å². The Morgan fingerprint density at radius 3 is 2.48 bits per heavy atom. The van der Waals surface area contributed by atoms with Crippen molar-refractivity contribution in [3.8, 4) is 23.0 Å². The van der Waals surface area contributed by atoms with Crippen molar-refractivity contribution >= 4 is 21.8 Å². The standard InChI is InChI=1S/C20H15F3O9S/c1-27-13-5-3-4-11-17(13)31-16(10-6-7-12-14(8-10)30-9-29-12)15(19(24)28-2)18(11)32-33(25,26)20(21,22)23/h3-8,16H,9H2,1-2H3. The Bertz CT molecular complexity index is 1250. The maximum absolute atomic E-state index is 13.2. The van der Waals surface area contributed by atoms with Crippen LogP contribution < -0.4 is 18.9 Å². The van der Waals surface area contributed by atoms with Crippen molar-refractivity contribution in [2.75, 3.05) is 21.0 Å². The first kappa shape index (κ1) is 22.6. The molecule has 0 fully saturated rings. The number of benzene rings is 2. The molecule has 0 saturated heterocycles. The Hall–Kier alpha value is -3.61. The predicted octanol–water partition coefficient (Wildman–Crippen LogP) is 3.31. The Kier molecular flexibility index (Phi) is 5.52. The van der Waals surface area contributed by atoms with E-state index in [1.807, 2.05) is 0 Å². The molecule has 9 nitrogen and oxygen atoms in total. The van der Waals surface area contributed by atoms with Crippen LogP contribution in [0.5, 0.6) is 23.0 Å². The Morgan fingerprint density at radius 1 is 1.09 bits per heavy atom. The molecule has 0 aliphatic carbocycles. The molecular formula is C20H15F3O9S. The molecule has 0 saturated carbocycles. The minimum atomic E-state index is -6.16. The van der Waals surface area contributed by atoms with Crippen molar-refractivity contribution in [2.45, 2.75) is 11.6 Å². The van der Waals surface area contributed by atoms with Crippen LogP contribution in [0, 0.1) is 0 Å². The highest BCUT2D eigenvalue weighted by Gasteiger charge is 2.51. The van der Waals surface area contributed by atoms with Gasteiger partial charge in [0.25, 0.3) is 0 Å². The van der Waals surface area contributed by atoms with Crippen LogP contribution in [0.25, 0.3) is 5.76 Å². The minimum absolute atomic E-state index is 0.0567. The van der Waals surface area contributed by atoms with Crippen molar-refractivity contribution in [2.24, 2.45) is 0 Å². The average Bonchev–Trinajstić information content (AvgIpc) is 3.24. The SMILES string of the molecule is COC(=O)C1=C(OS(=O)(=O)C(F)(F)F)c2cccc(OC)c2OC1c1ccc2c(c1)OCO2. The highest BCUT2D eigenvalue weighted by Crippen LogP contribution is 2.49. The van der Waals surface area contributed by atoms with Gasteiger partial charge >= 0.3 is 21.6 Å². The fraction of sp³-hybridized carbons (Fsp3) is 0.250. The van der Waals surface area contributed by atoms with Gasteiger partial charge in [-0.25, -0.2) is 4.79 Å². The lowest BCUT2D eigenvalue weighted by Gasteiger charge is -2.30. The molecule has 2 aliphatic rings. The molecule has 2 heterocycles. The average molecular weight is 488 g/mol. The number of methoxy groups -OCH3 is 2. The van der Waals surface area contributed by atoms with Gasteiger partial charge in [0.1, 0.15) is 5.57 Å². The molecule has 0 amide bonds. The fourth-order valence-electron chi connectivity index (χ4n) is 3.29. The first-order valence-electron chi connectivity index (χ1n) is 9.14. The summed E-state index contributed by atoms with van der Waals surface area (Å²) in [5.74, 6) is -1.46. The van der Waals surface area contributed by atoms with Crippen molar-refractivity contribution in [1.82, 2.24) is 0 Å². The molecule has 2 aliphatic heterocycles. The zero-order valence-corrected chi connectivity index (χ0v) is 17.8. The molecule has 0 aromatic heterocycles. The zero-order chi connectivity index (χ0) is 24.0. The minimum Gasteiger partial charge on any atom is -0.493 e. The first-order valence-corrected chi connectivity index (χ1v) is 10.5. The van der Waals surface area contributed by atoms with E-state index >= 15 is 0 Å². The maximum atomic E-state index is 13.2. The molecule has 0 radical (unpaired) electrons. The monoisotopic (exact) mass is 488 g/mol. The summed E-state index contributed by atoms with van der Waals surface area (Å²) in [6.45, 7) is -0.0567. The van der Waals surface area contributed by atoms with Gasteiger partial charge in [-0.2, -0.15) is 21.6 Å². The highest BCUT2D eigenvalue weighted by molar-refractivity contribution is 7.87. The van der Waals surface area contributed by atoms with E-state index in [2.05, 4.69) is 4.18 Å². The summed E-state index contributed by atoms with van der Waals surface area (Å²) in [7, 11) is -3.90. The molecule has 33 heavy (non-hydrogen) atoms. The van der Waals surface area contributed by atoms with Crippen molar-refractivity contribution in [3.63, 3.8) is 0 Å². The normalized spacial score (nSPS) is 17.2. The maximum Gasteiger partial charge on any atom is 0.534 e. The van der Waals surface area contributed by atoms with Crippen molar-refractivity contribution < 1.29 is 54.3 Å². The first-order chi connectivity index (χ1) is 15.6. The summed E-state index contributed by atoms with van der Waals surface area (Å²) in [6.07, 6.45) is -1.44. The summed E-state index contributed by atoms with van der Waals surface area (Å²) >= 11 is 0. The van der Waals surface area contributed by atoms with Crippen LogP contribution >= 0.6 is 0 Å². The molecule has 176 valence electrons. The van der Waals surface area contributed by atoms with E-state index in [9.17, 15) is 26.4 Å².